The van der Waals surface area contributed by atoms with Gasteiger partial charge in [-0.3, -0.25) is 10.3 Å². The Balaban J connectivity index is 1.72. The molecule has 1 atom stereocenters. The van der Waals surface area contributed by atoms with Crippen molar-refractivity contribution in [2.45, 2.75) is 25.9 Å². The lowest BCUT2D eigenvalue weighted by Gasteiger charge is -2.32. The molecule has 0 radical (unpaired) electrons. The zero-order valence-corrected chi connectivity index (χ0v) is 12.7. The van der Waals surface area contributed by atoms with Gasteiger partial charge in [0.15, 0.2) is 0 Å². The molecule has 1 aromatic carbocycles. The number of piperidine rings is 1. The molecule has 1 aliphatic heterocycles. The third-order valence-electron chi connectivity index (χ3n) is 3.71. The van der Waals surface area contributed by atoms with E-state index in [4.69, 9.17) is 20.6 Å². The highest BCUT2D eigenvalue weighted by Gasteiger charge is 2.19. The molecule has 21 heavy (non-hydrogen) atoms. The molecule has 0 aromatic heterocycles. The van der Waals surface area contributed by atoms with Gasteiger partial charge in [-0.1, -0.05) is 0 Å². The minimum absolute atomic E-state index is 0.0804. The number of nitrogens with two attached hydrogens (primary N) is 1. The molecule has 1 saturated heterocycles. The predicted octanol–water partition coefficient (Wildman–Crippen LogP) is 1.85. The summed E-state index contributed by atoms with van der Waals surface area (Å²) in [5.74, 6) is 0.898. The van der Waals surface area contributed by atoms with Crippen molar-refractivity contribution in [2.75, 3.05) is 32.8 Å². The summed E-state index contributed by atoms with van der Waals surface area (Å²) < 4.78 is 11.4. The van der Waals surface area contributed by atoms with Crippen LogP contribution in [0.15, 0.2) is 24.3 Å². The number of likely N-dealkylation sites (tertiary alicyclic amines) is 1. The number of ether oxygens (including phenoxy) is 2. The third-order valence-corrected chi connectivity index (χ3v) is 3.71. The molecule has 0 amide bonds. The van der Waals surface area contributed by atoms with Gasteiger partial charge >= 0.3 is 0 Å². The molecule has 0 spiro atoms. The summed E-state index contributed by atoms with van der Waals surface area (Å²) in [7, 11) is 0. The van der Waals surface area contributed by atoms with Gasteiger partial charge in [0.25, 0.3) is 0 Å². The SMILES string of the molecule is CCOC1CCCN(CCOc2ccc(C(=N)N)cc2)C1. The van der Waals surface area contributed by atoms with Gasteiger partial charge in [0.2, 0.25) is 0 Å². The lowest BCUT2D eigenvalue weighted by molar-refractivity contribution is 0.00304. The summed E-state index contributed by atoms with van der Waals surface area (Å²) in [6.07, 6.45) is 2.73. The van der Waals surface area contributed by atoms with E-state index in [1.165, 1.54) is 6.42 Å². The first-order valence-corrected chi connectivity index (χ1v) is 7.60. The summed E-state index contributed by atoms with van der Waals surface area (Å²) in [5.41, 5.74) is 6.14. The molecule has 116 valence electrons. The fourth-order valence-electron chi connectivity index (χ4n) is 2.61. The summed E-state index contributed by atoms with van der Waals surface area (Å²) in [4.78, 5) is 2.40. The van der Waals surface area contributed by atoms with Crippen LogP contribution >= 0.6 is 0 Å². The minimum Gasteiger partial charge on any atom is -0.492 e. The Morgan fingerprint density at radius 2 is 2.14 bits per heavy atom. The molecule has 0 saturated carbocycles. The molecule has 0 bridgehead atoms. The fourth-order valence-corrected chi connectivity index (χ4v) is 2.61. The number of hydrogen-bond donors (Lipinski definition) is 2. The fraction of sp³-hybridized carbons (Fsp3) is 0.562. The summed E-state index contributed by atoms with van der Waals surface area (Å²) in [6.45, 7) is 6.54. The van der Waals surface area contributed by atoms with E-state index < -0.39 is 0 Å². The average molecular weight is 291 g/mol. The van der Waals surface area contributed by atoms with Crippen LogP contribution in [0.1, 0.15) is 25.3 Å². The Morgan fingerprint density at radius 1 is 1.38 bits per heavy atom. The van der Waals surface area contributed by atoms with Crippen LogP contribution in [-0.4, -0.2) is 49.7 Å². The third kappa shape index (κ3) is 5.02. The molecular weight excluding hydrogens is 266 g/mol. The van der Waals surface area contributed by atoms with E-state index in [2.05, 4.69) is 4.90 Å². The van der Waals surface area contributed by atoms with Gasteiger partial charge in [0, 0.05) is 25.3 Å². The van der Waals surface area contributed by atoms with Crippen LogP contribution in [0.2, 0.25) is 0 Å². The first-order chi connectivity index (χ1) is 10.2. The molecule has 1 heterocycles. The maximum absolute atomic E-state index is 7.35. The second-order valence-electron chi connectivity index (χ2n) is 5.31. The van der Waals surface area contributed by atoms with E-state index in [1.54, 1.807) is 0 Å². The second-order valence-corrected chi connectivity index (χ2v) is 5.31. The predicted molar refractivity (Wildman–Crippen MR) is 84.0 cm³/mol. The smallest absolute Gasteiger partial charge is 0.122 e. The first kappa shape index (κ1) is 15.8. The van der Waals surface area contributed by atoms with Crippen LogP contribution in [-0.2, 0) is 4.74 Å². The topological polar surface area (TPSA) is 71.6 Å². The van der Waals surface area contributed by atoms with Crippen molar-refractivity contribution in [1.82, 2.24) is 4.90 Å². The zero-order valence-electron chi connectivity index (χ0n) is 12.7. The largest absolute Gasteiger partial charge is 0.492 e. The Labute approximate surface area is 126 Å². The molecule has 1 aliphatic rings. The van der Waals surface area contributed by atoms with Crippen molar-refractivity contribution in [2.24, 2.45) is 5.73 Å². The molecule has 3 N–H and O–H groups in total. The molecule has 2 rings (SSSR count). The van der Waals surface area contributed by atoms with Crippen molar-refractivity contribution in [3.05, 3.63) is 29.8 Å². The number of amidine groups is 1. The number of hydrogen-bond acceptors (Lipinski definition) is 4. The molecule has 1 fully saturated rings. The van der Waals surface area contributed by atoms with Gasteiger partial charge in [-0.05, 0) is 50.6 Å². The number of benzene rings is 1. The molecule has 5 heteroatoms. The standard InChI is InChI=1S/C16H25N3O2/c1-2-20-15-4-3-9-19(12-15)10-11-21-14-7-5-13(6-8-14)16(17)18/h5-8,15H,2-4,9-12H2,1H3,(H3,17,18). The van der Waals surface area contributed by atoms with Crippen LogP contribution in [0.5, 0.6) is 5.75 Å². The monoisotopic (exact) mass is 291 g/mol. The van der Waals surface area contributed by atoms with E-state index >= 15 is 0 Å². The highest BCUT2D eigenvalue weighted by atomic mass is 16.5. The van der Waals surface area contributed by atoms with Gasteiger partial charge in [0.1, 0.15) is 18.2 Å². The van der Waals surface area contributed by atoms with Crippen molar-refractivity contribution in [3.63, 3.8) is 0 Å². The van der Waals surface area contributed by atoms with E-state index in [1.807, 2.05) is 31.2 Å². The average Bonchev–Trinajstić information content (AvgIpc) is 2.48. The van der Waals surface area contributed by atoms with Crippen molar-refractivity contribution >= 4 is 5.84 Å². The molecular formula is C16H25N3O2. The Kier molecular flexibility index (Phi) is 6.02. The summed E-state index contributed by atoms with van der Waals surface area (Å²) >= 11 is 0. The number of nitrogens with one attached hydrogen (secondary N) is 1. The van der Waals surface area contributed by atoms with Crippen LogP contribution in [0.3, 0.4) is 0 Å². The first-order valence-electron chi connectivity index (χ1n) is 7.60. The van der Waals surface area contributed by atoms with Crippen LogP contribution < -0.4 is 10.5 Å². The van der Waals surface area contributed by atoms with Crippen LogP contribution in [0, 0.1) is 5.41 Å². The maximum Gasteiger partial charge on any atom is 0.122 e. The Morgan fingerprint density at radius 3 is 2.81 bits per heavy atom. The molecule has 1 aromatic rings. The number of nitrogen functional groups attached to an aromatic ring is 1. The van der Waals surface area contributed by atoms with Gasteiger partial charge in [-0.2, -0.15) is 0 Å². The van der Waals surface area contributed by atoms with E-state index in [0.29, 0.717) is 12.7 Å². The Hall–Kier alpha value is -1.59. The second kappa shape index (κ2) is 8.00. The summed E-state index contributed by atoms with van der Waals surface area (Å²) in [5, 5.41) is 7.35. The van der Waals surface area contributed by atoms with Crippen LogP contribution in [0.25, 0.3) is 0 Å². The van der Waals surface area contributed by atoms with Gasteiger partial charge < -0.3 is 15.2 Å². The van der Waals surface area contributed by atoms with E-state index in [9.17, 15) is 0 Å². The minimum atomic E-state index is 0.0804. The lowest BCUT2D eigenvalue weighted by Crippen LogP contribution is -2.41. The van der Waals surface area contributed by atoms with E-state index in [-0.39, 0.29) is 5.84 Å². The quantitative estimate of drug-likeness (QED) is 0.594. The van der Waals surface area contributed by atoms with Gasteiger partial charge in [0.05, 0.1) is 6.10 Å². The van der Waals surface area contributed by atoms with Crippen molar-refractivity contribution in [3.8, 4) is 5.75 Å². The molecule has 0 aliphatic carbocycles. The van der Waals surface area contributed by atoms with Crippen LogP contribution in [0.4, 0.5) is 0 Å². The summed E-state index contributed by atoms with van der Waals surface area (Å²) in [6, 6.07) is 7.33. The van der Waals surface area contributed by atoms with Crippen molar-refractivity contribution in [1.29, 1.82) is 5.41 Å². The zero-order chi connectivity index (χ0) is 15.1. The normalized spacial score (nSPS) is 19.4. The van der Waals surface area contributed by atoms with Gasteiger partial charge in [-0.25, -0.2) is 0 Å². The Bertz CT molecular complexity index is 445. The molecule has 5 nitrogen and oxygen atoms in total. The molecule has 1 unspecified atom stereocenters. The van der Waals surface area contributed by atoms with Crippen molar-refractivity contribution < 1.29 is 9.47 Å². The maximum atomic E-state index is 7.35. The highest BCUT2D eigenvalue weighted by molar-refractivity contribution is 5.94. The number of nitrogens with zero attached hydrogens (tertiary/aromatic N) is 1. The highest BCUT2D eigenvalue weighted by Crippen LogP contribution is 2.14. The number of rotatable bonds is 7. The lowest BCUT2D eigenvalue weighted by atomic mass is 10.1. The van der Waals surface area contributed by atoms with Gasteiger partial charge in [-0.15, -0.1) is 0 Å². The van der Waals surface area contributed by atoms with E-state index in [0.717, 1.165) is 44.0 Å².